The van der Waals surface area contributed by atoms with E-state index in [2.05, 4.69) is 24.2 Å². The maximum absolute atomic E-state index is 12.9. The molecule has 1 aliphatic rings. The molecule has 3 nitrogen and oxygen atoms in total. The van der Waals surface area contributed by atoms with Crippen molar-refractivity contribution in [3.8, 4) is 0 Å². The first kappa shape index (κ1) is 14.3. The molecule has 0 aromatic heterocycles. The Morgan fingerprint density at radius 1 is 1.37 bits per heavy atom. The summed E-state index contributed by atoms with van der Waals surface area (Å²) in [7, 11) is 2.05. The minimum atomic E-state index is -0.191. The summed E-state index contributed by atoms with van der Waals surface area (Å²) in [6.07, 6.45) is 1.07. The van der Waals surface area contributed by atoms with Gasteiger partial charge in [-0.3, -0.25) is 0 Å². The second kappa shape index (κ2) is 6.35. The van der Waals surface area contributed by atoms with Crippen LogP contribution in [-0.2, 0) is 4.74 Å². The minimum Gasteiger partial charge on any atom is -0.381 e. The van der Waals surface area contributed by atoms with Crippen molar-refractivity contribution >= 4 is 5.69 Å². The number of benzene rings is 1. The Morgan fingerprint density at radius 2 is 2.11 bits per heavy atom. The van der Waals surface area contributed by atoms with E-state index in [0.717, 1.165) is 45.0 Å². The average molecular weight is 266 g/mol. The van der Waals surface area contributed by atoms with Gasteiger partial charge in [0.15, 0.2) is 0 Å². The minimum absolute atomic E-state index is 0.166. The van der Waals surface area contributed by atoms with Crippen molar-refractivity contribution in [2.45, 2.75) is 13.3 Å². The molecular weight excluding hydrogens is 243 g/mol. The summed E-state index contributed by atoms with van der Waals surface area (Å²) >= 11 is 0. The Labute approximate surface area is 114 Å². The molecule has 0 bridgehead atoms. The number of anilines is 1. The van der Waals surface area contributed by atoms with Crippen LogP contribution in [0.3, 0.4) is 0 Å². The largest absolute Gasteiger partial charge is 0.381 e. The number of nitrogens with zero attached hydrogens (tertiary/aromatic N) is 1. The summed E-state index contributed by atoms with van der Waals surface area (Å²) in [6.45, 7) is 6.62. The van der Waals surface area contributed by atoms with Gasteiger partial charge in [0.25, 0.3) is 0 Å². The number of ether oxygens (including phenoxy) is 1. The quantitative estimate of drug-likeness (QED) is 0.855. The molecule has 1 aromatic carbocycles. The molecule has 1 unspecified atom stereocenters. The van der Waals surface area contributed by atoms with E-state index in [1.54, 1.807) is 0 Å². The van der Waals surface area contributed by atoms with Crippen molar-refractivity contribution in [1.82, 2.24) is 5.32 Å². The van der Waals surface area contributed by atoms with Gasteiger partial charge in [-0.15, -0.1) is 0 Å². The zero-order valence-electron chi connectivity index (χ0n) is 11.8. The third-order valence-electron chi connectivity index (χ3n) is 3.77. The third kappa shape index (κ3) is 3.67. The van der Waals surface area contributed by atoms with Crippen LogP contribution in [0.2, 0.25) is 0 Å². The van der Waals surface area contributed by atoms with Crippen molar-refractivity contribution in [2.24, 2.45) is 5.41 Å². The van der Waals surface area contributed by atoms with Gasteiger partial charge in [0.05, 0.1) is 6.61 Å². The lowest BCUT2D eigenvalue weighted by Gasteiger charge is -2.33. The fraction of sp³-hybridized carbons (Fsp3) is 0.600. The standard InChI is InChI=1S/C15H23FN2O/c1-3-17-10-15(8-9-19-12-15)11-18(2)14-6-4-13(16)5-7-14/h4-7,17H,3,8-12H2,1-2H3. The SMILES string of the molecule is CCNCC1(CN(C)c2ccc(F)cc2)CCOC1. The van der Waals surface area contributed by atoms with Crippen LogP contribution in [0.4, 0.5) is 10.1 Å². The Balaban J connectivity index is 2.02. The van der Waals surface area contributed by atoms with Crippen molar-refractivity contribution in [3.05, 3.63) is 30.1 Å². The second-order valence-electron chi connectivity index (χ2n) is 5.42. The highest BCUT2D eigenvalue weighted by Crippen LogP contribution is 2.30. The van der Waals surface area contributed by atoms with Crippen molar-refractivity contribution in [2.75, 3.05) is 44.8 Å². The molecule has 0 amide bonds. The summed E-state index contributed by atoms with van der Waals surface area (Å²) in [4.78, 5) is 2.19. The van der Waals surface area contributed by atoms with Crippen LogP contribution in [0.25, 0.3) is 0 Å². The predicted octanol–water partition coefficient (Wildman–Crippen LogP) is 2.28. The molecule has 0 saturated carbocycles. The van der Waals surface area contributed by atoms with E-state index >= 15 is 0 Å². The number of rotatable bonds is 6. The fourth-order valence-electron chi connectivity index (χ4n) is 2.65. The number of nitrogens with one attached hydrogen (secondary N) is 1. The molecule has 19 heavy (non-hydrogen) atoms. The lowest BCUT2D eigenvalue weighted by Crippen LogP contribution is -2.43. The topological polar surface area (TPSA) is 24.5 Å². The van der Waals surface area contributed by atoms with Gasteiger partial charge in [-0.2, -0.15) is 0 Å². The summed E-state index contributed by atoms with van der Waals surface area (Å²) in [6, 6.07) is 6.67. The van der Waals surface area contributed by atoms with Crippen LogP contribution >= 0.6 is 0 Å². The van der Waals surface area contributed by atoms with Crippen LogP contribution < -0.4 is 10.2 Å². The fourth-order valence-corrected chi connectivity index (χ4v) is 2.65. The molecule has 2 rings (SSSR count). The first-order chi connectivity index (χ1) is 9.15. The van der Waals surface area contributed by atoms with Crippen LogP contribution in [0.5, 0.6) is 0 Å². The lowest BCUT2D eigenvalue weighted by atomic mass is 9.86. The maximum atomic E-state index is 12.9. The van der Waals surface area contributed by atoms with Crippen molar-refractivity contribution in [3.63, 3.8) is 0 Å². The van der Waals surface area contributed by atoms with E-state index in [0.29, 0.717) is 0 Å². The van der Waals surface area contributed by atoms with Gasteiger partial charge in [0.2, 0.25) is 0 Å². The van der Waals surface area contributed by atoms with E-state index in [-0.39, 0.29) is 11.2 Å². The number of hydrogen-bond acceptors (Lipinski definition) is 3. The number of halogens is 1. The van der Waals surface area contributed by atoms with Crippen LogP contribution in [0, 0.1) is 11.2 Å². The lowest BCUT2D eigenvalue weighted by molar-refractivity contribution is 0.153. The summed E-state index contributed by atoms with van der Waals surface area (Å²) in [5.41, 5.74) is 1.21. The Hall–Kier alpha value is -1.13. The van der Waals surface area contributed by atoms with Gasteiger partial charge in [-0.25, -0.2) is 4.39 Å². The Kier molecular flexibility index (Phi) is 4.77. The van der Waals surface area contributed by atoms with E-state index in [1.165, 1.54) is 12.1 Å². The highest BCUT2D eigenvalue weighted by Gasteiger charge is 2.35. The molecule has 1 saturated heterocycles. The van der Waals surface area contributed by atoms with Gasteiger partial charge in [-0.1, -0.05) is 6.92 Å². The maximum Gasteiger partial charge on any atom is 0.123 e. The van der Waals surface area contributed by atoms with Crippen molar-refractivity contribution in [1.29, 1.82) is 0 Å². The first-order valence-corrected chi connectivity index (χ1v) is 6.90. The van der Waals surface area contributed by atoms with Gasteiger partial charge in [0.1, 0.15) is 5.82 Å². The van der Waals surface area contributed by atoms with Crippen LogP contribution in [0.1, 0.15) is 13.3 Å². The molecule has 1 heterocycles. The van der Waals surface area contributed by atoms with Crippen LogP contribution in [0.15, 0.2) is 24.3 Å². The highest BCUT2D eigenvalue weighted by molar-refractivity contribution is 5.45. The molecule has 1 N–H and O–H groups in total. The van der Waals surface area contributed by atoms with E-state index < -0.39 is 0 Å². The summed E-state index contributed by atoms with van der Waals surface area (Å²) in [5.74, 6) is -0.191. The normalized spacial score (nSPS) is 22.7. The van der Waals surface area contributed by atoms with Crippen molar-refractivity contribution < 1.29 is 9.13 Å². The molecule has 0 aliphatic carbocycles. The monoisotopic (exact) mass is 266 g/mol. The zero-order chi connectivity index (χ0) is 13.7. The van der Waals surface area contributed by atoms with Gasteiger partial charge >= 0.3 is 0 Å². The molecule has 1 aliphatic heterocycles. The van der Waals surface area contributed by atoms with Gasteiger partial charge in [0, 0.05) is 37.8 Å². The third-order valence-corrected chi connectivity index (χ3v) is 3.77. The molecule has 1 aromatic rings. The summed E-state index contributed by atoms with van der Waals surface area (Å²) in [5, 5.41) is 3.43. The average Bonchev–Trinajstić information content (AvgIpc) is 2.86. The zero-order valence-corrected chi connectivity index (χ0v) is 11.8. The molecule has 1 atom stereocenters. The second-order valence-corrected chi connectivity index (χ2v) is 5.42. The first-order valence-electron chi connectivity index (χ1n) is 6.90. The molecule has 106 valence electrons. The van der Waals surface area contributed by atoms with Gasteiger partial charge < -0.3 is 15.0 Å². The summed E-state index contributed by atoms with van der Waals surface area (Å²) < 4.78 is 18.5. The van der Waals surface area contributed by atoms with Gasteiger partial charge in [-0.05, 0) is 37.2 Å². The number of hydrogen-bond donors (Lipinski definition) is 1. The Bertz CT molecular complexity index is 388. The molecule has 1 fully saturated rings. The Morgan fingerprint density at radius 3 is 2.68 bits per heavy atom. The smallest absolute Gasteiger partial charge is 0.123 e. The molecule has 0 spiro atoms. The van der Waals surface area contributed by atoms with Crippen LogP contribution in [-0.4, -0.2) is 39.9 Å². The molecule has 4 heteroatoms. The van der Waals surface area contributed by atoms with E-state index in [4.69, 9.17) is 4.74 Å². The predicted molar refractivity (Wildman–Crippen MR) is 76.1 cm³/mol. The van der Waals surface area contributed by atoms with E-state index in [9.17, 15) is 4.39 Å². The molecule has 0 radical (unpaired) electrons. The highest BCUT2D eigenvalue weighted by atomic mass is 19.1. The molecular formula is C15H23FN2O. The van der Waals surface area contributed by atoms with E-state index in [1.807, 2.05) is 12.1 Å².